The van der Waals surface area contributed by atoms with E-state index in [1.54, 1.807) is 0 Å². The first-order valence-electron chi connectivity index (χ1n) is 8.30. The van der Waals surface area contributed by atoms with Gasteiger partial charge >= 0.3 is 0 Å². The number of para-hydroxylation sites is 1. The molecule has 2 heteroatoms. The summed E-state index contributed by atoms with van der Waals surface area (Å²) in [5.74, 6) is 1.75. The lowest BCUT2D eigenvalue weighted by atomic mass is 9.79. The highest BCUT2D eigenvalue weighted by molar-refractivity contribution is 5.81. The minimum Gasteiger partial charge on any atom is -0.314 e. The Morgan fingerprint density at radius 3 is 2.81 bits per heavy atom. The van der Waals surface area contributed by atoms with Crippen LogP contribution in [0.4, 0.5) is 0 Å². The normalized spacial score (nSPS) is 26.1. The van der Waals surface area contributed by atoms with Gasteiger partial charge in [0, 0.05) is 17.6 Å². The Balaban J connectivity index is 1.57. The number of nitrogens with zero attached hydrogens (tertiary/aromatic N) is 1. The molecule has 1 aliphatic rings. The van der Waals surface area contributed by atoms with Crippen molar-refractivity contribution >= 4 is 10.9 Å². The van der Waals surface area contributed by atoms with Crippen LogP contribution in [0.2, 0.25) is 0 Å². The van der Waals surface area contributed by atoms with Crippen LogP contribution in [0.1, 0.15) is 38.7 Å². The molecule has 1 fully saturated rings. The molecule has 3 atom stereocenters. The van der Waals surface area contributed by atoms with E-state index in [9.17, 15) is 0 Å². The van der Waals surface area contributed by atoms with E-state index >= 15 is 0 Å². The van der Waals surface area contributed by atoms with E-state index in [4.69, 9.17) is 0 Å². The minimum atomic E-state index is 0.708. The van der Waals surface area contributed by atoms with Crippen LogP contribution < -0.4 is 5.32 Å². The standard InChI is InChI=1S/C19H26N2/c1-14-8-9-18(13-15(14)2)20-12-10-17-6-3-5-16-7-4-11-21-19(16)17/h3-7,11,14-15,18,20H,8-10,12-13H2,1-2H3. The Morgan fingerprint density at radius 1 is 1.10 bits per heavy atom. The van der Waals surface area contributed by atoms with Gasteiger partial charge in [0.1, 0.15) is 0 Å². The molecule has 1 aliphatic carbocycles. The molecule has 0 spiro atoms. The third kappa shape index (κ3) is 3.44. The van der Waals surface area contributed by atoms with Crippen molar-refractivity contribution in [2.45, 2.75) is 45.6 Å². The van der Waals surface area contributed by atoms with Crippen molar-refractivity contribution in [3.63, 3.8) is 0 Å². The van der Waals surface area contributed by atoms with Crippen LogP contribution >= 0.6 is 0 Å². The van der Waals surface area contributed by atoms with Crippen LogP contribution in [0.25, 0.3) is 10.9 Å². The van der Waals surface area contributed by atoms with E-state index in [0.29, 0.717) is 6.04 Å². The molecule has 0 amide bonds. The van der Waals surface area contributed by atoms with Gasteiger partial charge in [0.2, 0.25) is 0 Å². The number of benzene rings is 1. The summed E-state index contributed by atoms with van der Waals surface area (Å²) in [5, 5.41) is 5.00. The second-order valence-corrected chi connectivity index (χ2v) is 6.66. The van der Waals surface area contributed by atoms with Crippen molar-refractivity contribution in [3.8, 4) is 0 Å². The molecule has 1 saturated carbocycles. The highest BCUT2D eigenvalue weighted by Gasteiger charge is 2.23. The van der Waals surface area contributed by atoms with Crippen LogP contribution in [-0.4, -0.2) is 17.6 Å². The van der Waals surface area contributed by atoms with Gasteiger partial charge in [0.05, 0.1) is 5.52 Å². The summed E-state index contributed by atoms with van der Waals surface area (Å²) >= 11 is 0. The number of nitrogens with one attached hydrogen (secondary N) is 1. The number of fused-ring (bicyclic) bond motifs is 1. The van der Waals surface area contributed by atoms with E-state index < -0.39 is 0 Å². The Bertz CT molecular complexity index is 588. The highest BCUT2D eigenvalue weighted by Crippen LogP contribution is 2.29. The molecular weight excluding hydrogens is 256 g/mol. The van der Waals surface area contributed by atoms with E-state index in [1.165, 1.54) is 30.2 Å². The summed E-state index contributed by atoms with van der Waals surface area (Å²) in [5.41, 5.74) is 2.52. The van der Waals surface area contributed by atoms with Gasteiger partial charge < -0.3 is 5.32 Å². The Labute approximate surface area is 128 Å². The van der Waals surface area contributed by atoms with Crippen LogP contribution in [-0.2, 0) is 6.42 Å². The second kappa shape index (κ2) is 6.57. The average molecular weight is 282 g/mol. The zero-order chi connectivity index (χ0) is 14.7. The highest BCUT2D eigenvalue weighted by atomic mass is 14.9. The smallest absolute Gasteiger partial charge is 0.0734 e. The van der Waals surface area contributed by atoms with Crippen LogP contribution in [0.5, 0.6) is 0 Å². The molecule has 21 heavy (non-hydrogen) atoms. The van der Waals surface area contributed by atoms with Crippen LogP contribution in [0.15, 0.2) is 36.5 Å². The molecule has 1 aromatic carbocycles. The first-order valence-corrected chi connectivity index (χ1v) is 8.30. The molecule has 0 bridgehead atoms. The van der Waals surface area contributed by atoms with Gasteiger partial charge in [-0.1, -0.05) is 38.1 Å². The van der Waals surface area contributed by atoms with Gasteiger partial charge in [0.15, 0.2) is 0 Å². The van der Waals surface area contributed by atoms with Gasteiger partial charge in [0.25, 0.3) is 0 Å². The SMILES string of the molecule is CC1CCC(NCCc2cccc3cccnc23)CC1C. The van der Waals surface area contributed by atoms with E-state index in [1.807, 2.05) is 12.3 Å². The molecule has 1 heterocycles. The summed E-state index contributed by atoms with van der Waals surface area (Å²) in [6.45, 7) is 5.84. The second-order valence-electron chi connectivity index (χ2n) is 6.66. The molecule has 3 rings (SSSR count). The zero-order valence-corrected chi connectivity index (χ0v) is 13.2. The van der Waals surface area contributed by atoms with Gasteiger partial charge in [-0.3, -0.25) is 4.98 Å². The van der Waals surface area contributed by atoms with Crippen molar-refractivity contribution in [1.29, 1.82) is 0 Å². The number of hydrogen-bond donors (Lipinski definition) is 1. The number of aromatic nitrogens is 1. The average Bonchev–Trinajstić information content (AvgIpc) is 2.51. The lowest BCUT2D eigenvalue weighted by Gasteiger charge is -2.32. The van der Waals surface area contributed by atoms with Crippen molar-refractivity contribution in [2.24, 2.45) is 11.8 Å². The molecule has 1 N–H and O–H groups in total. The first-order chi connectivity index (χ1) is 10.2. The third-order valence-corrected chi connectivity index (χ3v) is 5.14. The largest absolute Gasteiger partial charge is 0.314 e. The van der Waals surface area contributed by atoms with Crippen LogP contribution in [0.3, 0.4) is 0 Å². The molecule has 3 unspecified atom stereocenters. The maximum Gasteiger partial charge on any atom is 0.0734 e. The van der Waals surface area contributed by atoms with E-state index in [2.05, 4.69) is 48.4 Å². The predicted octanol–water partition coefficient (Wildman–Crippen LogP) is 4.19. The molecule has 0 aliphatic heterocycles. The lowest BCUT2D eigenvalue weighted by molar-refractivity contribution is 0.227. The molecule has 112 valence electrons. The van der Waals surface area contributed by atoms with Crippen molar-refractivity contribution < 1.29 is 0 Å². The lowest BCUT2D eigenvalue weighted by Crippen LogP contribution is -2.37. The Morgan fingerprint density at radius 2 is 1.95 bits per heavy atom. The monoisotopic (exact) mass is 282 g/mol. The Kier molecular flexibility index (Phi) is 4.54. The Hall–Kier alpha value is -1.41. The quantitative estimate of drug-likeness (QED) is 0.909. The first kappa shape index (κ1) is 14.5. The number of rotatable bonds is 4. The molecule has 2 nitrogen and oxygen atoms in total. The minimum absolute atomic E-state index is 0.708. The fourth-order valence-corrected chi connectivity index (χ4v) is 3.51. The van der Waals surface area contributed by atoms with Gasteiger partial charge in [-0.15, -0.1) is 0 Å². The van der Waals surface area contributed by atoms with Gasteiger partial charge in [-0.25, -0.2) is 0 Å². The fourth-order valence-electron chi connectivity index (χ4n) is 3.51. The van der Waals surface area contributed by atoms with Gasteiger partial charge in [-0.2, -0.15) is 0 Å². The van der Waals surface area contributed by atoms with Crippen molar-refractivity contribution in [1.82, 2.24) is 10.3 Å². The summed E-state index contributed by atoms with van der Waals surface area (Å²) in [7, 11) is 0. The van der Waals surface area contributed by atoms with Gasteiger partial charge in [-0.05, 0) is 55.7 Å². The maximum atomic E-state index is 4.54. The van der Waals surface area contributed by atoms with E-state index in [0.717, 1.165) is 30.3 Å². The predicted molar refractivity (Wildman–Crippen MR) is 89.4 cm³/mol. The van der Waals surface area contributed by atoms with Crippen molar-refractivity contribution in [3.05, 3.63) is 42.1 Å². The summed E-state index contributed by atoms with van der Waals surface area (Å²) < 4.78 is 0. The summed E-state index contributed by atoms with van der Waals surface area (Å²) in [6, 6.07) is 11.4. The molecule has 1 aromatic heterocycles. The van der Waals surface area contributed by atoms with Crippen LogP contribution in [0, 0.1) is 11.8 Å². The van der Waals surface area contributed by atoms with Crippen molar-refractivity contribution in [2.75, 3.05) is 6.54 Å². The summed E-state index contributed by atoms with van der Waals surface area (Å²) in [4.78, 5) is 4.54. The molecule has 0 radical (unpaired) electrons. The zero-order valence-electron chi connectivity index (χ0n) is 13.2. The topological polar surface area (TPSA) is 24.9 Å². The van der Waals surface area contributed by atoms with E-state index in [-0.39, 0.29) is 0 Å². The molecular formula is C19H26N2. The number of pyridine rings is 1. The molecule has 2 aromatic rings. The molecule has 0 saturated heterocycles. The summed E-state index contributed by atoms with van der Waals surface area (Å²) in [6.07, 6.45) is 6.99. The maximum absolute atomic E-state index is 4.54. The third-order valence-electron chi connectivity index (χ3n) is 5.14. The number of hydrogen-bond acceptors (Lipinski definition) is 2. The fraction of sp³-hybridized carbons (Fsp3) is 0.526.